The van der Waals surface area contributed by atoms with Crippen LogP contribution < -0.4 is 10.2 Å². The zero-order valence-corrected chi connectivity index (χ0v) is 12.7. The minimum atomic E-state index is -0.112. The molecule has 1 aliphatic heterocycles. The number of thioether (sulfide) groups is 1. The summed E-state index contributed by atoms with van der Waals surface area (Å²) in [5, 5.41) is 5.26. The lowest BCUT2D eigenvalue weighted by atomic mass is 10.0. The molecule has 1 N–H and O–H groups in total. The van der Waals surface area contributed by atoms with Gasteiger partial charge in [0.05, 0.1) is 4.83 Å². The zero-order valence-electron chi connectivity index (χ0n) is 10.3. The highest BCUT2D eigenvalue weighted by Crippen LogP contribution is 2.31. The Morgan fingerprint density at radius 2 is 2.16 bits per heavy atom. The van der Waals surface area contributed by atoms with Gasteiger partial charge in [0.1, 0.15) is 0 Å². The molecule has 0 saturated heterocycles. The van der Waals surface area contributed by atoms with Gasteiger partial charge in [-0.1, -0.05) is 51.4 Å². The van der Waals surface area contributed by atoms with Crippen LogP contribution in [0.5, 0.6) is 0 Å². The predicted octanol–water partition coefficient (Wildman–Crippen LogP) is 1.82. The monoisotopic (exact) mass is 338 g/mol. The Morgan fingerprint density at radius 1 is 1.42 bits per heavy atom. The number of aromatic amines is 1. The van der Waals surface area contributed by atoms with Crippen molar-refractivity contribution in [3.05, 3.63) is 51.9 Å². The van der Waals surface area contributed by atoms with E-state index in [9.17, 15) is 4.79 Å². The van der Waals surface area contributed by atoms with Crippen LogP contribution in [0.1, 0.15) is 17.3 Å². The molecule has 1 aromatic carbocycles. The summed E-state index contributed by atoms with van der Waals surface area (Å²) in [6.45, 7) is 1.73. The average Bonchev–Trinajstić information content (AvgIpc) is 2.42. The standard InChI is InChI=1S/C13H12BrN3OS/c1-8-12(18)15-13-17(16-8)11(10(14)7-19-13)9-5-3-2-4-6-9/h2-6,10-11H,7H2,1H3/p+1/t10-,11-/m1/s1. The molecule has 2 heterocycles. The number of rotatable bonds is 1. The first-order valence-electron chi connectivity index (χ1n) is 6.01. The van der Waals surface area contributed by atoms with Crippen molar-refractivity contribution in [2.75, 3.05) is 5.75 Å². The van der Waals surface area contributed by atoms with E-state index in [4.69, 9.17) is 0 Å². The van der Waals surface area contributed by atoms with Crippen LogP contribution in [0, 0.1) is 6.92 Å². The van der Waals surface area contributed by atoms with E-state index in [1.165, 1.54) is 5.56 Å². The van der Waals surface area contributed by atoms with Crippen LogP contribution in [-0.2, 0) is 0 Å². The molecule has 6 heteroatoms. The number of aryl methyl sites for hydroxylation is 1. The molecule has 2 atom stereocenters. The molecular formula is C13H13BrN3OS+. The molecule has 4 nitrogen and oxygen atoms in total. The first-order valence-corrected chi connectivity index (χ1v) is 7.91. The summed E-state index contributed by atoms with van der Waals surface area (Å²) in [5.74, 6) is 0.903. The Balaban J connectivity index is 2.17. The Morgan fingerprint density at radius 3 is 2.89 bits per heavy atom. The van der Waals surface area contributed by atoms with Crippen LogP contribution in [0.15, 0.2) is 40.3 Å². The van der Waals surface area contributed by atoms with Crippen LogP contribution in [0.4, 0.5) is 0 Å². The molecule has 1 aliphatic rings. The van der Waals surface area contributed by atoms with Gasteiger partial charge < -0.3 is 0 Å². The van der Waals surface area contributed by atoms with E-state index in [1.807, 2.05) is 22.9 Å². The van der Waals surface area contributed by atoms with Gasteiger partial charge in [0.15, 0.2) is 11.7 Å². The highest BCUT2D eigenvalue weighted by atomic mass is 79.9. The molecule has 0 aliphatic carbocycles. The first kappa shape index (κ1) is 12.9. The first-order chi connectivity index (χ1) is 9.16. The molecule has 3 rings (SSSR count). The van der Waals surface area contributed by atoms with Crippen LogP contribution in [0.2, 0.25) is 0 Å². The highest BCUT2D eigenvalue weighted by Gasteiger charge is 2.36. The lowest BCUT2D eigenvalue weighted by Crippen LogP contribution is -2.55. The van der Waals surface area contributed by atoms with Gasteiger partial charge in [-0.05, 0) is 24.2 Å². The van der Waals surface area contributed by atoms with E-state index >= 15 is 0 Å². The van der Waals surface area contributed by atoms with Crippen molar-refractivity contribution in [1.29, 1.82) is 0 Å². The fourth-order valence-electron chi connectivity index (χ4n) is 2.19. The number of nitrogens with zero attached hydrogens (tertiary/aromatic N) is 2. The maximum atomic E-state index is 11.7. The summed E-state index contributed by atoms with van der Waals surface area (Å²) in [6.07, 6.45) is 0. The summed E-state index contributed by atoms with van der Waals surface area (Å²) in [4.78, 5) is 14.8. The van der Waals surface area contributed by atoms with Crippen molar-refractivity contribution in [2.24, 2.45) is 0 Å². The van der Waals surface area contributed by atoms with E-state index in [1.54, 1.807) is 18.7 Å². The van der Waals surface area contributed by atoms with Gasteiger partial charge in [0, 0.05) is 5.75 Å². The number of hydrogen-bond acceptors (Lipinski definition) is 3. The minimum absolute atomic E-state index is 0.105. The topological polar surface area (TPSA) is 49.6 Å². The van der Waals surface area contributed by atoms with Crippen molar-refractivity contribution < 1.29 is 4.68 Å². The van der Waals surface area contributed by atoms with Crippen LogP contribution in [0.3, 0.4) is 0 Å². The smallest absolute Gasteiger partial charge is 0.239 e. The molecule has 0 spiro atoms. The fraction of sp³-hybridized carbons (Fsp3) is 0.308. The third-order valence-electron chi connectivity index (χ3n) is 3.14. The molecule has 0 fully saturated rings. The van der Waals surface area contributed by atoms with Gasteiger partial charge in [-0.25, -0.2) is 4.79 Å². The molecule has 0 radical (unpaired) electrons. The molecule has 0 amide bonds. The van der Waals surface area contributed by atoms with E-state index in [-0.39, 0.29) is 16.4 Å². The van der Waals surface area contributed by atoms with Crippen molar-refractivity contribution in [3.63, 3.8) is 0 Å². The summed E-state index contributed by atoms with van der Waals surface area (Å²) >= 11 is 5.35. The van der Waals surface area contributed by atoms with Crippen LogP contribution in [0.25, 0.3) is 0 Å². The quantitative estimate of drug-likeness (QED) is 0.637. The summed E-state index contributed by atoms with van der Waals surface area (Å²) < 4.78 is 1.92. The predicted molar refractivity (Wildman–Crippen MR) is 77.8 cm³/mol. The summed E-state index contributed by atoms with van der Waals surface area (Å²) in [6, 6.07) is 10.3. The molecule has 0 saturated carbocycles. The third kappa shape index (κ3) is 2.34. The molecule has 2 aromatic rings. The second-order valence-electron chi connectivity index (χ2n) is 4.47. The highest BCUT2D eigenvalue weighted by molar-refractivity contribution is 9.09. The maximum absolute atomic E-state index is 11.7. The molecule has 0 bridgehead atoms. The fourth-order valence-corrected chi connectivity index (χ4v) is 4.07. The van der Waals surface area contributed by atoms with E-state index in [0.29, 0.717) is 5.69 Å². The van der Waals surface area contributed by atoms with Gasteiger partial charge in [0.25, 0.3) is 0 Å². The second-order valence-corrected chi connectivity index (χ2v) is 6.66. The van der Waals surface area contributed by atoms with Crippen molar-refractivity contribution in [2.45, 2.75) is 22.9 Å². The number of alkyl halides is 1. The zero-order chi connectivity index (χ0) is 13.4. The van der Waals surface area contributed by atoms with Gasteiger partial charge in [-0.3, -0.25) is 0 Å². The Bertz CT molecular complexity index is 659. The van der Waals surface area contributed by atoms with E-state index in [0.717, 1.165) is 10.9 Å². The van der Waals surface area contributed by atoms with Gasteiger partial charge in [-0.15, -0.1) is 4.68 Å². The number of fused-ring (bicyclic) bond motifs is 1. The molecular weight excluding hydrogens is 326 g/mol. The third-order valence-corrected chi connectivity index (χ3v) is 5.48. The number of aromatic nitrogens is 3. The summed E-state index contributed by atoms with van der Waals surface area (Å²) in [5.41, 5.74) is 1.57. The van der Waals surface area contributed by atoms with Crippen molar-refractivity contribution >= 4 is 27.7 Å². The number of hydrogen-bond donors (Lipinski definition) is 1. The SMILES string of the molecule is Cc1n[n+]2c([nH]c1=O)SC[C@@H](Br)[C@H]2c1ccccc1. The van der Waals surface area contributed by atoms with E-state index in [2.05, 4.69) is 38.1 Å². The Labute approximate surface area is 123 Å². The van der Waals surface area contributed by atoms with Gasteiger partial charge in [-0.2, -0.15) is 4.98 Å². The van der Waals surface area contributed by atoms with Gasteiger partial charge >= 0.3 is 10.7 Å². The largest absolute Gasteiger partial charge is 0.357 e. The lowest BCUT2D eigenvalue weighted by molar-refractivity contribution is -0.806. The number of benzene rings is 1. The van der Waals surface area contributed by atoms with Crippen LogP contribution >= 0.6 is 27.7 Å². The molecule has 98 valence electrons. The van der Waals surface area contributed by atoms with Crippen molar-refractivity contribution in [3.8, 4) is 0 Å². The van der Waals surface area contributed by atoms with E-state index < -0.39 is 0 Å². The average molecular weight is 339 g/mol. The van der Waals surface area contributed by atoms with Crippen molar-refractivity contribution in [1.82, 2.24) is 10.1 Å². The lowest BCUT2D eigenvalue weighted by Gasteiger charge is -2.24. The minimum Gasteiger partial charge on any atom is -0.239 e. The second kappa shape index (κ2) is 5.09. The Hall–Kier alpha value is -1.14. The molecule has 0 unspecified atom stereocenters. The summed E-state index contributed by atoms with van der Waals surface area (Å²) in [7, 11) is 0. The normalized spacial score (nSPS) is 22.0. The number of H-pyrrole nitrogens is 1. The number of nitrogens with one attached hydrogen (secondary N) is 1. The Kier molecular flexibility index (Phi) is 3.45. The van der Waals surface area contributed by atoms with Gasteiger partial charge in [0.2, 0.25) is 0 Å². The molecule has 1 aromatic heterocycles. The maximum Gasteiger partial charge on any atom is 0.357 e. The van der Waals surface area contributed by atoms with Crippen LogP contribution in [-0.4, -0.2) is 20.7 Å². The number of halogens is 1. The molecule has 19 heavy (non-hydrogen) atoms.